The van der Waals surface area contributed by atoms with Gasteiger partial charge in [0, 0.05) is 58.2 Å². The molecular formula is C25H40N4O3. The summed E-state index contributed by atoms with van der Waals surface area (Å²) in [7, 11) is 0. The minimum Gasteiger partial charge on any atom is -0.381 e. The number of benzene rings is 1. The number of rotatable bonds is 10. The second kappa shape index (κ2) is 14.1. The van der Waals surface area contributed by atoms with Crippen LogP contribution < -0.4 is 10.6 Å². The average molecular weight is 445 g/mol. The smallest absolute Gasteiger partial charge is 0.253 e. The summed E-state index contributed by atoms with van der Waals surface area (Å²) in [6, 6.07) is 7.88. The predicted octanol–water partition coefficient (Wildman–Crippen LogP) is 3.20. The van der Waals surface area contributed by atoms with Crippen LogP contribution in [0.2, 0.25) is 0 Å². The molecule has 0 aliphatic carbocycles. The maximum atomic E-state index is 12.8. The van der Waals surface area contributed by atoms with Gasteiger partial charge in [-0.2, -0.15) is 0 Å². The number of nitrogens with one attached hydrogen (secondary N) is 2. The van der Waals surface area contributed by atoms with Crippen LogP contribution in [0.3, 0.4) is 0 Å². The number of carbonyl (C=O) groups is 1. The van der Waals surface area contributed by atoms with Crippen LogP contribution in [0, 0.1) is 5.92 Å². The summed E-state index contributed by atoms with van der Waals surface area (Å²) in [6.45, 7) is 9.29. The number of amides is 1. The molecule has 1 amide bonds. The molecule has 7 heteroatoms. The van der Waals surface area contributed by atoms with Crippen LogP contribution in [-0.2, 0) is 16.0 Å². The third-order valence-electron chi connectivity index (χ3n) is 6.03. The molecule has 0 atom stereocenters. The Kier molecular flexibility index (Phi) is 10.8. The lowest BCUT2D eigenvalue weighted by molar-refractivity contribution is 0.0203. The van der Waals surface area contributed by atoms with E-state index in [1.54, 1.807) is 0 Å². The van der Waals surface area contributed by atoms with Gasteiger partial charge in [0.15, 0.2) is 5.96 Å². The van der Waals surface area contributed by atoms with Crippen LogP contribution in [0.15, 0.2) is 29.3 Å². The molecule has 1 aromatic carbocycles. The van der Waals surface area contributed by atoms with Gasteiger partial charge in [-0.25, -0.2) is 4.99 Å². The lowest BCUT2D eigenvalue weighted by Crippen LogP contribution is -2.38. The van der Waals surface area contributed by atoms with Crippen molar-refractivity contribution in [2.45, 2.75) is 52.0 Å². The molecule has 0 saturated carbocycles. The highest BCUT2D eigenvalue weighted by atomic mass is 16.5. The third-order valence-corrected chi connectivity index (χ3v) is 6.03. The zero-order valence-corrected chi connectivity index (χ0v) is 19.6. The Hall–Kier alpha value is -2.12. The molecule has 3 rings (SSSR count). The summed E-state index contributed by atoms with van der Waals surface area (Å²) >= 11 is 0. The minimum atomic E-state index is 0.140. The SMILES string of the molecule is CCNC(=NCc1cccc(C(=O)N2CCCCC2)c1)NCCCOCC1CCOCC1. The van der Waals surface area contributed by atoms with E-state index in [1.807, 2.05) is 29.2 Å². The van der Waals surface area contributed by atoms with Crippen molar-refractivity contribution in [2.24, 2.45) is 10.9 Å². The number of piperidine rings is 1. The van der Waals surface area contributed by atoms with Crippen molar-refractivity contribution in [3.8, 4) is 0 Å². The molecule has 1 aromatic rings. The number of nitrogens with zero attached hydrogens (tertiary/aromatic N) is 2. The fourth-order valence-corrected chi connectivity index (χ4v) is 4.14. The van der Waals surface area contributed by atoms with E-state index >= 15 is 0 Å². The molecule has 0 unspecified atom stereocenters. The topological polar surface area (TPSA) is 75.2 Å². The molecule has 7 nitrogen and oxygen atoms in total. The summed E-state index contributed by atoms with van der Waals surface area (Å²) in [5.74, 6) is 1.58. The molecule has 2 aliphatic rings. The van der Waals surface area contributed by atoms with Crippen LogP contribution in [0.25, 0.3) is 0 Å². The quantitative estimate of drug-likeness (QED) is 0.329. The van der Waals surface area contributed by atoms with Crippen LogP contribution in [0.1, 0.15) is 61.4 Å². The van der Waals surface area contributed by atoms with E-state index < -0.39 is 0 Å². The van der Waals surface area contributed by atoms with Gasteiger partial charge in [-0.05, 0) is 69.1 Å². The highest BCUT2D eigenvalue weighted by molar-refractivity contribution is 5.94. The molecule has 2 fully saturated rings. The van der Waals surface area contributed by atoms with Gasteiger partial charge in [-0.1, -0.05) is 12.1 Å². The Morgan fingerprint density at radius 3 is 2.78 bits per heavy atom. The van der Waals surface area contributed by atoms with Crippen molar-refractivity contribution in [1.29, 1.82) is 0 Å². The molecule has 0 radical (unpaired) electrons. The number of guanidine groups is 1. The maximum Gasteiger partial charge on any atom is 0.253 e. The average Bonchev–Trinajstić information content (AvgIpc) is 2.85. The molecular weight excluding hydrogens is 404 g/mol. The Labute approximate surface area is 192 Å². The van der Waals surface area contributed by atoms with Gasteiger partial charge in [-0.3, -0.25) is 4.79 Å². The Morgan fingerprint density at radius 1 is 1.19 bits per heavy atom. The van der Waals surface area contributed by atoms with Crippen LogP contribution in [-0.4, -0.2) is 69.4 Å². The number of hydrogen-bond acceptors (Lipinski definition) is 4. The second-order valence-electron chi connectivity index (χ2n) is 8.66. The lowest BCUT2D eigenvalue weighted by Gasteiger charge is -2.26. The molecule has 0 aromatic heterocycles. The Morgan fingerprint density at radius 2 is 2.00 bits per heavy atom. The van der Waals surface area contributed by atoms with E-state index in [9.17, 15) is 4.79 Å². The number of aliphatic imine (C=N–C) groups is 1. The fraction of sp³-hybridized carbons (Fsp3) is 0.680. The van der Waals surface area contributed by atoms with E-state index in [1.165, 1.54) is 6.42 Å². The second-order valence-corrected chi connectivity index (χ2v) is 8.66. The summed E-state index contributed by atoms with van der Waals surface area (Å²) in [6.07, 6.45) is 6.59. The van der Waals surface area contributed by atoms with Gasteiger partial charge >= 0.3 is 0 Å². The first kappa shape index (κ1) is 24.5. The molecule has 32 heavy (non-hydrogen) atoms. The van der Waals surface area contributed by atoms with Crippen LogP contribution in [0.5, 0.6) is 0 Å². The van der Waals surface area contributed by atoms with Gasteiger partial charge in [-0.15, -0.1) is 0 Å². The van der Waals surface area contributed by atoms with Crippen molar-refractivity contribution in [1.82, 2.24) is 15.5 Å². The van der Waals surface area contributed by atoms with Crippen LogP contribution >= 0.6 is 0 Å². The van der Waals surface area contributed by atoms with Crippen LogP contribution in [0.4, 0.5) is 0 Å². The van der Waals surface area contributed by atoms with E-state index in [2.05, 4.69) is 17.6 Å². The summed E-state index contributed by atoms with van der Waals surface area (Å²) in [4.78, 5) is 19.4. The number of ether oxygens (including phenoxy) is 2. The number of hydrogen-bond donors (Lipinski definition) is 2. The molecule has 2 heterocycles. The van der Waals surface area contributed by atoms with E-state index in [4.69, 9.17) is 14.5 Å². The third kappa shape index (κ3) is 8.43. The lowest BCUT2D eigenvalue weighted by atomic mass is 10.0. The van der Waals surface area contributed by atoms with E-state index in [-0.39, 0.29) is 5.91 Å². The maximum absolute atomic E-state index is 12.8. The van der Waals surface area contributed by atoms with Gasteiger partial charge < -0.3 is 25.0 Å². The van der Waals surface area contributed by atoms with Crippen molar-refractivity contribution >= 4 is 11.9 Å². The molecule has 0 spiro atoms. The number of carbonyl (C=O) groups excluding carboxylic acids is 1. The van der Waals surface area contributed by atoms with E-state index in [0.717, 1.165) is 102 Å². The zero-order chi connectivity index (χ0) is 22.4. The first-order valence-electron chi connectivity index (χ1n) is 12.3. The molecule has 0 bridgehead atoms. The minimum absolute atomic E-state index is 0.140. The predicted molar refractivity (Wildman–Crippen MR) is 128 cm³/mol. The van der Waals surface area contributed by atoms with Crippen molar-refractivity contribution in [3.05, 3.63) is 35.4 Å². The highest BCUT2D eigenvalue weighted by Crippen LogP contribution is 2.15. The summed E-state index contributed by atoms with van der Waals surface area (Å²) in [5.41, 5.74) is 1.81. The first-order chi connectivity index (χ1) is 15.8. The number of likely N-dealkylation sites (tertiary alicyclic amines) is 1. The first-order valence-corrected chi connectivity index (χ1v) is 12.3. The van der Waals surface area contributed by atoms with Crippen molar-refractivity contribution < 1.29 is 14.3 Å². The monoisotopic (exact) mass is 444 g/mol. The molecule has 2 N–H and O–H groups in total. The van der Waals surface area contributed by atoms with Crippen molar-refractivity contribution in [3.63, 3.8) is 0 Å². The normalized spacial score (nSPS) is 17.9. The van der Waals surface area contributed by atoms with Gasteiger partial charge in [0.2, 0.25) is 0 Å². The standard InChI is InChI=1S/C25H40N4O3/c1-2-26-25(27-12-7-15-32-20-21-10-16-31-17-11-21)28-19-22-8-6-9-23(18-22)24(30)29-13-4-3-5-14-29/h6,8-9,18,21H,2-5,7,10-17,19-20H2,1H3,(H2,26,27,28). The largest absolute Gasteiger partial charge is 0.381 e. The molecule has 2 aliphatic heterocycles. The van der Waals surface area contributed by atoms with Gasteiger partial charge in [0.25, 0.3) is 5.91 Å². The van der Waals surface area contributed by atoms with Gasteiger partial charge in [0.05, 0.1) is 6.54 Å². The molecule has 2 saturated heterocycles. The van der Waals surface area contributed by atoms with Gasteiger partial charge in [0.1, 0.15) is 0 Å². The summed E-state index contributed by atoms with van der Waals surface area (Å²) in [5, 5.41) is 6.68. The Bertz CT molecular complexity index is 713. The van der Waals surface area contributed by atoms with Crippen molar-refractivity contribution in [2.75, 3.05) is 52.6 Å². The molecule has 178 valence electrons. The zero-order valence-electron chi connectivity index (χ0n) is 19.6. The fourth-order valence-electron chi connectivity index (χ4n) is 4.14. The highest BCUT2D eigenvalue weighted by Gasteiger charge is 2.18. The summed E-state index contributed by atoms with van der Waals surface area (Å²) < 4.78 is 11.2. The van der Waals surface area contributed by atoms with E-state index in [0.29, 0.717) is 12.5 Å². The Balaban J connectivity index is 1.41.